The van der Waals surface area contributed by atoms with Crippen molar-refractivity contribution in [3.63, 3.8) is 0 Å². The molecule has 0 amide bonds. The molecule has 1 aliphatic carbocycles. The average Bonchev–Trinajstić information content (AvgIpc) is 3.10. The van der Waals surface area contributed by atoms with Crippen molar-refractivity contribution >= 4 is 14.5 Å². The number of aromatic nitrogens is 2. The molecule has 2 aromatic rings. The van der Waals surface area contributed by atoms with E-state index >= 15 is 0 Å². The molecule has 4 atom stereocenters. The molecule has 0 saturated heterocycles. The van der Waals surface area contributed by atoms with Gasteiger partial charge in [-0.25, -0.2) is 0 Å². The van der Waals surface area contributed by atoms with Crippen LogP contribution in [0.2, 0.25) is 0 Å². The second-order valence-corrected chi connectivity index (χ2v) is 7.40. The molecule has 2 heterocycles. The van der Waals surface area contributed by atoms with Gasteiger partial charge in [-0.15, -0.1) is 0 Å². The maximum absolute atomic E-state index is 12.1. The predicted molar refractivity (Wildman–Crippen MR) is 79.9 cm³/mol. The average molecular weight is 371 g/mol. The summed E-state index contributed by atoms with van der Waals surface area (Å²) >= 11 is 0.0384. The van der Waals surface area contributed by atoms with E-state index in [-0.39, 0.29) is 27.5 Å². The minimum absolute atomic E-state index is 0.0384. The first-order valence-corrected chi connectivity index (χ1v) is 8.74. The van der Waals surface area contributed by atoms with Gasteiger partial charge in [0.15, 0.2) is 0 Å². The molecule has 0 radical (unpaired) electrons. The molecule has 22 heavy (non-hydrogen) atoms. The second kappa shape index (κ2) is 5.98. The van der Waals surface area contributed by atoms with E-state index in [9.17, 15) is 24.9 Å². The molecule has 0 bridgehead atoms. The summed E-state index contributed by atoms with van der Waals surface area (Å²) in [5.74, 6) is -0.487. The van der Waals surface area contributed by atoms with Crippen LogP contribution in [0.25, 0.3) is 10.0 Å². The quantitative estimate of drug-likeness (QED) is 0.492. The van der Waals surface area contributed by atoms with Gasteiger partial charge in [0, 0.05) is 0 Å². The molecule has 0 unspecified atom stereocenters. The molecule has 2 aromatic heterocycles. The number of rotatable bonds is 3. The molecular weight excluding hydrogens is 355 g/mol. The Labute approximate surface area is 131 Å². The zero-order chi connectivity index (χ0) is 15.9. The van der Waals surface area contributed by atoms with Crippen LogP contribution in [-0.4, -0.2) is 58.2 Å². The molecule has 0 aliphatic heterocycles. The van der Waals surface area contributed by atoms with Crippen LogP contribution in [0.3, 0.4) is 0 Å². The molecular formula is C14H16N2O5Se. The number of hydrogen-bond donors (Lipinski definition) is 4. The molecule has 4 N–H and O–H groups in total. The van der Waals surface area contributed by atoms with Crippen LogP contribution < -0.4 is 11.2 Å². The van der Waals surface area contributed by atoms with Gasteiger partial charge in [0.2, 0.25) is 0 Å². The van der Waals surface area contributed by atoms with Crippen molar-refractivity contribution in [2.24, 2.45) is 5.92 Å². The normalized spacial score (nSPS) is 28.1. The van der Waals surface area contributed by atoms with Gasteiger partial charge >= 0.3 is 131 Å². The van der Waals surface area contributed by atoms with Gasteiger partial charge < -0.3 is 0 Å². The van der Waals surface area contributed by atoms with Crippen LogP contribution in [0, 0.1) is 5.92 Å². The topological polar surface area (TPSA) is 116 Å². The molecule has 1 fully saturated rings. The number of aliphatic hydroxyl groups excluding tert-OH is 3. The number of H-pyrrole nitrogens is 1. The van der Waals surface area contributed by atoms with Crippen molar-refractivity contribution in [1.82, 2.24) is 9.55 Å². The van der Waals surface area contributed by atoms with E-state index in [4.69, 9.17) is 0 Å². The minimum atomic E-state index is -1.16. The Morgan fingerprint density at radius 1 is 1.32 bits per heavy atom. The van der Waals surface area contributed by atoms with Crippen LogP contribution in [0.15, 0.2) is 32.9 Å². The molecule has 8 heteroatoms. The summed E-state index contributed by atoms with van der Waals surface area (Å²) in [6.07, 6.45) is -0.530. The molecule has 118 valence electrons. The number of aromatic amines is 1. The fourth-order valence-corrected chi connectivity index (χ4v) is 4.43. The van der Waals surface area contributed by atoms with Crippen molar-refractivity contribution in [1.29, 1.82) is 0 Å². The standard InChI is InChI=1S/C14H16N2O5Se/c17-6-7-4-9(12(19)11(7)18)16-5-8(10-2-1-3-22-10)13(20)15-14(16)21/h1-3,5,7,9,11-12,17-19H,4,6H2,(H,15,20,21)/t7-,9-,11+,12-/m1/s1. The Morgan fingerprint density at radius 3 is 2.68 bits per heavy atom. The number of nitrogens with zero attached hydrogens (tertiary/aromatic N) is 1. The summed E-state index contributed by atoms with van der Waals surface area (Å²) in [4.78, 5) is 28.3. The summed E-state index contributed by atoms with van der Waals surface area (Å²) in [5.41, 5.74) is -0.675. The molecule has 7 nitrogen and oxygen atoms in total. The van der Waals surface area contributed by atoms with Crippen molar-refractivity contribution in [2.45, 2.75) is 24.7 Å². The molecule has 1 aliphatic rings. The summed E-state index contributed by atoms with van der Waals surface area (Å²) in [6, 6.07) is 3.02. The van der Waals surface area contributed by atoms with Gasteiger partial charge in [-0.05, 0) is 0 Å². The number of aliphatic hydroxyl groups is 3. The maximum atomic E-state index is 12.1. The molecule has 3 rings (SSSR count). The van der Waals surface area contributed by atoms with E-state index in [0.717, 1.165) is 4.44 Å². The zero-order valence-electron chi connectivity index (χ0n) is 11.5. The fourth-order valence-electron chi connectivity index (χ4n) is 2.90. The first-order valence-electron chi connectivity index (χ1n) is 6.89. The summed E-state index contributed by atoms with van der Waals surface area (Å²) in [5, 5.41) is 29.3. The van der Waals surface area contributed by atoms with E-state index in [0.29, 0.717) is 5.56 Å². The SMILES string of the molecule is O=c1[nH]c(=O)n([C@@H]2C[C@H](CO)[C@H](O)[C@@H]2O)cc1-c1ccc[se]1. The van der Waals surface area contributed by atoms with Gasteiger partial charge in [0.25, 0.3) is 0 Å². The molecule has 1 saturated carbocycles. The first kappa shape index (κ1) is 15.5. The Balaban J connectivity index is 2.07. The van der Waals surface area contributed by atoms with E-state index in [1.165, 1.54) is 10.8 Å². The Bertz CT molecular complexity index is 766. The zero-order valence-corrected chi connectivity index (χ0v) is 13.3. The van der Waals surface area contributed by atoms with E-state index in [1.54, 1.807) is 0 Å². The van der Waals surface area contributed by atoms with E-state index in [2.05, 4.69) is 4.98 Å². The van der Waals surface area contributed by atoms with Crippen molar-refractivity contribution in [3.05, 3.63) is 44.1 Å². The summed E-state index contributed by atoms with van der Waals surface area (Å²) in [7, 11) is 0. The second-order valence-electron chi connectivity index (χ2n) is 5.41. The van der Waals surface area contributed by atoms with Crippen molar-refractivity contribution in [2.75, 3.05) is 6.61 Å². The first-order chi connectivity index (χ1) is 10.5. The van der Waals surface area contributed by atoms with Crippen molar-refractivity contribution < 1.29 is 15.3 Å². The molecule has 0 aromatic carbocycles. The Kier molecular flexibility index (Phi) is 4.20. The van der Waals surface area contributed by atoms with Crippen LogP contribution in [0.5, 0.6) is 0 Å². The van der Waals surface area contributed by atoms with Gasteiger partial charge in [-0.2, -0.15) is 0 Å². The van der Waals surface area contributed by atoms with Gasteiger partial charge in [-0.1, -0.05) is 0 Å². The van der Waals surface area contributed by atoms with Crippen LogP contribution in [-0.2, 0) is 0 Å². The van der Waals surface area contributed by atoms with Gasteiger partial charge in [0.1, 0.15) is 0 Å². The Morgan fingerprint density at radius 2 is 2.09 bits per heavy atom. The third-order valence-corrected chi connectivity index (χ3v) is 6.01. The monoisotopic (exact) mass is 372 g/mol. The van der Waals surface area contributed by atoms with Crippen LogP contribution >= 0.6 is 0 Å². The van der Waals surface area contributed by atoms with E-state index < -0.39 is 35.4 Å². The third kappa shape index (κ3) is 2.53. The predicted octanol–water partition coefficient (Wildman–Crippen LogP) is -1.46. The van der Waals surface area contributed by atoms with Crippen LogP contribution in [0.4, 0.5) is 0 Å². The molecule has 0 spiro atoms. The number of hydrogen-bond acceptors (Lipinski definition) is 5. The van der Waals surface area contributed by atoms with Gasteiger partial charge in [-0.3, -0.25) is 0 Å². The fraction of sp³-hybridized carbons (Fsp3) is 0.429. The number of nitrogens with one attached hydrogen (secondary N) is 1. The van der Waals surface area contributed by atoms with Crippen LogP contribution in [0.1, 0.15) is 12.5 Å². The van der Waals surface area contributed by atoms with Crippen molar-refractivity contribution in [3.8, 4) is 10.0 Å². The Hall–Kier alpha value is -1.44. The van der Waals surface area contributed by atoms with E-state index in [1.807, 2.05) is 17.1 Å². The summed E-state index contributed by atoms with van der Waals surface area (Å²) < 4.78 is 2.12. The summed E-state index contributed by atoms with van der Waals surface area (Å²) in [6.45, 7) is -0.266. The third-order valence-electron chi connectivity index (χ3n) is 4.12. The van der Waals surface area contributed by atoms with Gasteiger partial charge in [0.05, 0.1) is 0 Å².